The summed E-state index contributed by atoms with van der Waals surface area (Å²) in [5.41, 5.74) is 0. The number of anilines is 1. The highest BCUT2D eigenvalue weighted by atomic mass is 32.1. The summed E-state index contributed by atoms with van der Waals surface area (Å²) < 4.78 is 5.32. The van der Waals surface area contributed by atoms with Crippen LogP contribution in [0.2, 0.25) is 0 Å². The molecule has 0 spiro atoms. The van der Waals surface area contributed by atoms with E-state index >= 15 is 0 Å². The highest BCUT2D eigenvalue weighted by molar-refractivity contribution is 7.71. The van der Waals surface area contributed by atoms with E-state index in [1.165, 1.54) is 37.0 Å². The fourth-order valence-electron chi connectivity index (χ4n) is 4.69. The van der Waals surface area contributed by atoms with Crippen LogP contribution in [0.25, 0.3) is 0 Å². The van der Waals surface area contributed by atoms with Gasteiger partial charge in [0.25, 0.3) is 0 Å². The van der Waals surface area contributed by atoms with Crippen LogP contribution in [0.1, 0.15) is 48.8 Å². The number of nitrogens with zero attached hydrogens (tertiary/aromatic N) is 7. The van der Waals surface area contributed by atoms with E-state index in [1.54, 1.807) is 23.7 Å². The van der Waals surface area contributed by atoms with Gasteiger partial charge in [-0.3, -0.25) is 4.90 Å². The zero-order valence-electron chi connectivity index (χ0n) is 17.8. The molecule has 2 fully saturated rings. The van der Waals surface area contributed by atoms with Crippen molar-refractivity contribution in [2.45, 2.75) is 51.2 Å². The van der Waals surface area contributed by atoms with Gasteiger partial charge in [-0.15, -0.1) is 11.3 Å². The smallest absolute Gasteiger partial charge is 0.225 e. The Morgan fingerprint density at radius 3 is 2.48 bits per heavy atom. The van der Waals surface area contributed by atoms with E-state index in [1.807, 2.05) is 6.07 Å². The minimum Gasteiger partial charge on any atom is -0.338 e. The molecule has 31 heavy (non-hydrogen) atoms. The summed E-state index contributed by atoms with van der Waals surface area (Å²) in [6.07, 6.45) is 10.8. The van der Waals surface area contributed by atoms with Crippen LogP contribution in [0.15, 0.2) is 36.0 Å². The lowest BCUT2D eigenvalue weighted by Crippen LogP contribution is -2.47. The minimum absolute atomic E-state index is 0.497. The number of hydrogen-bond acceptors (Lipinski definition) is 7. The Hall–Kier alpha value is -2.10. The Labute approximate surface area is 192 Å². The first-order chi connectivity index (χ1) is 15.3. The molecule has 1 aliphatic heterocycles. The minimum atomic E-state index is 0.497. The Morgan fingerprint density at radius 1 is 1.00 bits per heavy atom. The Kier molecular flexibility index (Phi) is 6.42. The topological polar surface area (TPSA) is 55.0 Å². The van der Waals surface area contributed by atoms with Gasteiger partial charge in [-0.1, -0.05) is 25.3 Å². The van der Waals surface area contributed by atoms with Gasteiger partial charge in [-0.05, 0) is 42.6 Å². The molecular weight excluding hydrogens is 426 g/mol. The number of thiophene rings is 1. The lowest BCUT2D eigenvalue weighted by molar-refractivity contribution is 0.192. The average molecular weight is 456 g/mol. The second-order valence-corrected chi connectivity index (χ2v) is 9.81. The normalized spacial score (nSPS) is 18.5. The molecule has 7 nitrogen and oxygen atoms in total. The predicted octanol–water partition coefficient (Wildman–Crippen LogP) is 4.14. The molecule has 0 bridgehead atoms. The number of hydrogen-bond donors (Lipinski definition) is 0. The summed E-state index contributed by atoms with van der Waals surface area (Å²) in [5, 5.41) is 7.17. The molecular formula is C22H29N7S2. The molecule has 2 aliphatic rings. The molecule has 5 rings (SSSR count). The molecule has 1 saturated heterocycles. The van der Waals surface area contributed by atoms with E-state index in [9.17, 15) is 0 Å². The van der Waals surface area contributed by atoms with Gasteiger partial charge in [0.2, 0.25) is 5.95 Å². The fraction of sp³-hybridized carbons (Fsp3) is 0.545. The zero-order valence-corrected chi connectivity index (χ0v) is 19.4. The van der Waals surface area contributed by atoms with Crippen LogP contribution in [-0.4, -0.2) is 55.4 Å². The highest BCUT2D eigenvalue weighted by Crippen LogP contribution is 2.30. The van der Waals surface area contributed by atoms with Gasteiger partial charge in [0, 0.05) is 55.9 Å². The zero-order chi connectivity index (χ0) is 21.0. The van der Waals surface area contributed by atoms with Crippen molar-refractivity contribution < 1.29 is 0 Å². The van der Waals surface area contributed by atoms with E-state index in [0.29, 0.717) is 6.04 Å². The lowest BCUT2D eigenvalue weighted by Gasteiger charge is -2.34. The molecule has 3 aromatic rings. The lowest BCUT2D eigenvalue weighted by atomic mass is 9.95. The van der Waals surface area contributed by atoms with Crippen molar-refractivity contribution in [3.05, 3.63) is 51.4 Å². The van der Waals surface area contributed by atoms with E-state index in [-0.39, 0.29) is 0 Å². The molecule has 0 atom stereocenters. The third-order valence-corrected chi connectivity index (χ3v) is 7.62. The molecule has 9 heteroatoms. The SMILES string of the molecule is S=c1n(CN2CCN(c3ncccn3)CC2)nc(Cc2cccs2)n1C1CCCCC1. The maximum Gasteiger partial charge on any atom is 0.225 e. The largest absolute Gasteiger partial charge is 0.338 e. The summed E-state index contributed by atoms with van der Waals surface area (Å²) in [6, 6.07) is 6.67. The fourth-order valence-corrected chi connectivity index (χ4v) is 5.74. The standard InChI is InChI=1S/C22H29N7S2/c30-22-28(17-26-11-13-27(14-12-26)21-23-9-5-10-24-21)25-20(16-19-8-4-15-31-19)29(22)18-6-2-1-3-7-18/h4-5,8-10,15,18H,1-3,6-7,11-14,16-17H2. The van der Waals surface area contributed by atoms with E-state index in [0.717, 1.165) is 55.8 Å². The quantitative estimate of drug-likeness (QED) is 0.521. The van der Waals surface area contributed by atoms with Crippen LogP contribution in [0.5, 0.6) is 0 Å². The van der Waals surface area contributed by atoms with Gasteiger partial charge >= 0.3 is 0 Å². The Bertz CT molecular complexity index is 1010. The molecule has 0 aromatic carbocycles. The predicted molar refractivity (Wildman–Crippen MR) is 126 cm³/mol. The van der Waals surface area contributed by atoms with Crippen LogP contribution in [0.4, 0.5) is 5.95 Å². The summed E-state index contributed by atoms with van der Waals surface area (Å²) in [4.78, 5) is 14.8. The first-order valence-corrected chi connectivity index (χ1v) is 12.5. The van der Waals surface area contributed by atoms with Gasteiger partial charge in [0.1, 0.15) is 5.82 Å². The molecule has 3 aromatic heterocycles. The Morgan fingerprint density at radius 2 is 1.77 bits per heavy atom. The molecule has 1 aliphatic carbocycles. The van der Waals surface area contributed by atoms with Crippen molar-refractivity contribution in [1.82, 2.24) is 29.2 Å². The molecule has 1 saturated carbocycles. The van der Waals surface area contributed by atoms with Crippen LogP contribution in [-0.2, 0) is 13.1 Å². The molecule has 0 radical (unpaired) electrons. The summed E-state index contributed by atoms with van der Waals surface area (Å²) >= 11 is 7.76. The number of piperazine rings is 1. The van der Waals surface area contributed by atoms with Gasteiger partial charge in [0.05, 0.1) is 6.67 Å². The van der Waals surface area contributed by atoms with E-state index in [2.05, 4.69) is 46.5 Å². The molecule has 0 amide bonds. The van der Waals surface area contributed by atoms with Crippen molar-refractivity contribution in [1.29, 1.82) is 0 Å². The van der Waals surface area contributed by atoms with Crippen LogP contribution in [0, 0.1) is 4.77 Å². The molecule has 164 valence electrons. The third kappa shape index (κ3) is 4.73. The van der Waals surface area contributed by atoms with Crippen molar-refractivity contribution >= 4 is 29.5 Å². The van der Waals surface area contributed by atoms with Crippen molar-refractivity contribution in [3.63, 3.8) is 0 Å². The van der Waals surface area contributed by atoms with Crippen molar-refractivity contribution in [3.8, 4) is 0 Å². The molecule has 0 N–H and O–H groups in total. The second-order valence-electron chi connectivity index (χ2n) is 8.41. The monoisotopic (exact) mass is 455 g/mol. The Balaban J connectivity index is 1.32. The summed E-state index contributed by atoms with van der Waals surface area (Å²) in [7, 11) is 0. The molecule has 4 heterocycles. The van der Waals surface area contributed by atoms with Gasteiger partial charge < -0.3 is 9.47 Å². The molecule has 0 unspecified atom stereocenters. The maximum absolute atomic E-state index is 5.97. The second kappa shape index (κ2) is 9.58. The van der Waals surface area contributed by atoms with Gasteiger partial charge in [-0.25, -0.2) is 14.6 Å². The van der Waals surface area contributed by atoms with Crippen molar-refractivity contribution in [2.24, 2.45) is 0 Å². The third-order valence-electron chi connectivity index (χ3n) is 6.33. The van der Waals surface area contributed by atoms with Crippen LogP contribution >= 0.6 is 23.6 Å². The van der Waals surface area contributed by atoms with Crippen LogP contribution < -0.4 is 4.90 Å². The highest BCUT2D eigenvalue weighted by Gasteiger charge is 2.24. The number of aromatic nitrogens is 5. The van der Waals surface area contributed by atoms with Gasteiger partial charge in [0.15, 0.2) is 4.77 Å². The summed E-state index contributed by atoms with van der Waals surface area (Å²) in [5.74, 6) is 1.94. The van der Waals surface area contributed by atoms with E-state index in [4.69, 9.17) is 17.3 Å². The van der Waals surface area contributed by atoms with Gasteiger partial charge in [-0.2, -0.15) is 5.10 Å². The summed E-state index contributed by atoms with van der Waals surface area (Å²) in [6.45, 7) is 4.50. The van der Waals surface area contributed by atoms with Crippen LogP contribution in [0.3, 0.4) is 0 Å². The maximum atomic E-state index is 5.97. The van der Waals surface area contributed by atoms with Crippen molar-refractivity contribution in [2.75, 3.05) is 31.1 Å². The van der Waals surface area contributed by atoms with E-state index < -0.39 is 0 Å². The first-order valence-electron chi connectivity index (χ1n) is 11.2. The number of rotatable bonds is 6. The first kappa shape index (κ1) is 20.8. The average Bonchev–Trinajstić information content (AvgIpc) is 3.44.